The lowest BCUT2D eigenvalue weighted by atomic mass is 10.1. The van der Waals surface area contributed by atoms with E-state index in [0.717, 1.165) is 39.1 Å². The van der Waals surface area contributed by atoms with Crippen LogP contribution >= 0.6 is 0 Å². The first-order chi connectivity index (χ1) is 7.76. The normalized spacial score (nSPS) is 20.2. The zero-order valence-corrected chi connectivity index (χ0v) is 10.5. The van der Waals surface area contributed by atoms with E-state index < -0.39 is 0 Å². The third kappa shape index (κ3) is 5.25. The van der Waals surface area contributed by atoms with E-state index in [9.17, 15) is 5.11 Å². The SMILES string of the molecule is CCN(CC)CC(O)COC1CCOCC1. The lowest BCUT2D eigenvalue weighted by Crippen LogP contribution is -2.36. The van der Waals surface area contributed by atoms with Crippen molar-refractivity contribution < 1.29 is 14.6 Å². The zero-order chi connectivity index (χ0) is 11.8. The minimum Gasteiger partial charge on any atom is -0.389 e. The van der Waals surface area contributed by atoms with Gasteiger partial charge in [-0.15, -0.1) is 0 Å². The van der Waals surface area contributed by atoms with Crippen LogP contribution in [-0.4, -0.2) is 61.7 Å². The molecule has 1 heterocycles. The number of likely N-dealkylation sites (N-methyl/N-ethyl adjacent to an activating group) is 1. The van der Waals surface area contributed by atoms with E-state index in [-0.39, 0.29) is 12.2 Å². The average molecular weight is 231 g/mol. The number of hydrogen-bond acceptors (Lipinski definition) is 4. The van der Waals surface area contributed by atoms with E-state index in [1.807, 2.05) is 0 Å². The van der Waals surface area contributed by atoms with Gasteiger partial charge < -0.3 is 19.5 Å². The maximum absolute atomic E-state index is 9.81. The summed E-state index contributed by atoms with van der Waals surface area (Å²) in [5, 5.41) is 9.81. The van der Waals surface area contributed by atoms with Crippen LogP contribution in [0, 0.1) is 0 Å². The molecule has 0 aromatic heterocycles. The summed E-state index contributed by atoms with van der Waals surface area (Å²) in [5.41, 5.74) is 0. The molecule has 0 saturated carbocycles. The Labute approximate surface area is 98.5 Å². The van der Waals surface area contributed by atoms with E-state index in [4.69, 9.17) is 9.47 Å². The third-order valence-electron chi connectivity index (χ3n) is 3.06. The Morgan fingerprint density at radius 3 is 2.50 bits per heavy atom. The Balaban J connectivity index is 2.10. The quantitative estimate of drug-likeness (QED) is 0.706. The summed E-state index contributed by atoms with van der Waals surface area (Å²) in [6.45, 7) is 8.89. The van der Waals surface area contributed by atoms with Crippen LogP contribution in [0.2, 0.25) is 0 Å². The Hall–Kier alpha value is -0.160. The van der Waals surface area contributed by atoms with Crippen molar-refractivity contribution in [2.24, 2.45) is 0 Å². The number of ether oxygens (including phenoxy) is 2. The Morgan fingerprint density at radius 1 is 1.31 bits per heavy atom. The fourth-order valence-corrected chi connectivity index (χ4v) is 1.92. The van der Waals surface area contributed by atoms with Gasteiger partial charge in [-0.1, -0.05) is 13.8 Å². The van der Waals surface area contributed by atoms with Crippen LogP contribution in [-0.2, 0) is 9.47 Å². The van der Waals surface area contributed by atoms with Crippen molar-refractivity contribution in [3.05, 3.63) is 0 Å². The summed E-state index contributed by atoms with van der Waals surface area (Å²) < 4.78 is 10.9. The summed E-state index contributed by atoms with van der Waals surface area (Å²) in [5.74, 6) is 0. The van der Waals surface area contributed by atoms with Gasteiger partial charge in [0.15, 0.2) is 0 Å². The Kier molecular flexibility index (Phi) is 6.96. The second kappa shape index (κ2) is 8.01. The van der Waals surface area contributed by atoms with Crippen molar-refractivity contribution in [3.63, 3.8) is 0 Å². The molecular formula is C12H25NO3. The van der Waals surface area contributed by atoms with Crippen molar-refractivity contribution in [1.29, 1.82) is 0 Å². The summed E-state index contributed by atoms with van der Waals surface area (Å²) in [6.07, 6.45) is 1.82. The lowest BCUT2D eigenvalue weighted by molar-refractivity contribution is -0.0637. The highest BCUT2D eigenvalue weighted by Gasteiger charge is 2.16. The van der Waals surface area contributed by atoms with Gasteiger partial charge in [0.1, 0.15) is 0 Å². The molecule has 1 N–H and O–H groups in total. The highest BCUT2D eigenvalue weighted by atomic mass is 16.5. The molecule has 16 heavy (non-hydrogen) atoms. The van der Waals surface area contributed by atoms with Crippen LogP contribution in [0.25, 0.3) is 0 Å². The van der Waals surface area contributed by atoms with E-state index in [0.29, 0.717) is 13.2 Å². The van der Waals surface area contributed by atoms with E-state index in [2.05, 4.69) is 18.7 Å². The lowest BCUT2D eigenvalue weighted by Gasteiger charge is -2.26. The van der Waals surface area contributed by atoms with Gasteiger partial charge in [-0.25, -0.2) is 0 Å². The molecule has 0 spiro atoms. The number of hydrogen-bond donors (Lipinski definition) is 1. The minimum absolute atomic E-state index is 0.278. The molecule has 1 unspecified atom stereocenters. The van der Waals surface area contributed by atoms with Crippen LogP contribution in [0.1, 0.15) is 26.7 Å². The first kappa shape index (κ1) is 13.9. The van der Waals surface area contributed by atoms with Crippen molar-refractivity contribution in [3.8, 4) is 0 Å². The van der Waals surface area contributed by atoms with Crippen LogP contribution in [0.3, 0.4) is 0 Å². The van der Waals surface area contributed by atoms with Crippen molar-refractivity contribution in [2.45, 2.75) is 38.9 Å². The molecule has 96 valence electrons. The second-order valence-electron chi connectivity index (χ2n) is 4.28. The highest BCUT2D eigenvalue weighted by molar-refractivity contribution is 4.66. The molecule has 1 aliphatic rings. The van der Waals surface area contributed by atoms with Gasteiger partial charge in [0.2, 0.25) is 0 Å². The van der Waals surface area contributed by atoms with Gasteiger partial charge in [-0.3, -0.25) is 0 Å². The van der Waals surface area contributed by atoms with Crippen LogP contribution in [0.5, 0.6) is 0 Å². The standard InChI is InChI=1S/C12H25NO3/c1-3-13(4-2)9-11(14)10-16-12-5-7-15-8-6-12/h11-12,14H,3-10H2,1-2H3. The van der Waals surface area contributed by atoms with Crippen LogP contribution < -0.4 is 0 Å². The molecule has 1 aliphatic heterocycles. The fourth-order valence-electron chi connectivity index (χ4n) is 1.92. The van der Waals surface area contributed by atoms with Crippen molar-refractivity contribution in [1.82, 2.24) is 4.90 Å². The van der Waals surface area contributed by atoms with E-state index >= 15 is 0 Å². The van der Waals surface area contributed by atoms with Crippen molar-refractivity contribution in [2.75, 3.05) is 39.5 Å². The summed E-state index contributed by atoms with van der Waals surface area (Å²) in [4.78, 5) is 2.21. The molecular weight excluding hydrogens is 206 g/mol. The maximum Gasteiger partial charge on any atom is 0.0900 e. The molecule has 1 fully saturated rings. The minimum atomic E-state index is -0.372. The number of rotatable bonds is 7. The topological polar surface area (TPSA) is 41.9 Å². The maximum atomic E-state index is 9.81. The Bertz CT molecular complexity index is 168. The van der Waals surface area contributed by atoms with Gasteiger partial charge in [0, 0.05) is 19.8 Å². The smallest absolute Gasteiger partial charge is 0.0900 e. The van der Waals surface area contributed by atoms with Crippen LogP contribution in [0.4, 0.5) is 0 Å². The summed E-state index contributed by atoms with van der Waals surface area (Å²) in [6, 6.07) is 0. The average Bonchev–Trinajstić information content (AvgIpc) is 2.34. The van der Waals surface area contributed by atoms with Gasteiger partial charge in [0.25, 0.3) is 0 Å². The predicted octanol–water partition coefficient (Wildman–Crippen LogP) is 0.885. The molecule has 0 aromatic rings. The predicted molar refractivity (Wildman–Crippen MR) is 63.6 cm³/mol. The number of aliphatic hydroxyl groups excluding tert-OH is 1. The van der Waals surface area contributed by atoms with Gasteiger partial charge in [-0.2, -0.15) is 0 Å². The molecule has 4 nitrogen and oxygen atoms in total. The van der Waals surface area contributed by atoms with Gasteiger partial charge in [-0.05, 0) is 25.9 Å². The van der Waals surface area contributed by atoms with E-state index in [1.54, 1.807) is 0 Å². The molecule has 4 heteroatoms. The van der Waals surface area contributed by atoms with Gasteiger partial charge >= 0.3 is 0 Å². The third-order valence-corrected chi connectivity index (χ3v) is 3.06. The summed E-state index contributed by atoms with van der Waals surface area (Å²) in [7, 11) is 0. The first-order valence-electron chi connectivity index (χ1n) is 6.36. The summed E-state index contributed by atoms with van der Waals surface area (Å²) >= 11 is 0. The Morgan fingerprint density at radius 2 is 1.94 bits per heavy atom. The number of aliphatic hydroxyl groups is 1. The van der Waals surface area contributed by atoms with E-state index in [1.165, 1.54) is 0 Å². The molecule has 0 radical (unpaired) electrons. The molecule has 1 rings (SSSR count). The fraction of sp³-hybridized carbons (Fsp3) is 1.00. The number of nitrogens with zero attached hydrogens (tertiary/aromatic N) is 1. The van der Waals surface area contributed by atoms with Crippen LogP contribution in [0.15, 0.2) is 0 Å². The monoisotopic (exact) mass is 231 g/mol. The second-order valence-corrected chi connectivity index (χ2v) is 4.28. The first-order valence-corrected chi connectivity index (χ1v) is 6.36. The molecule has 0 aliphatic carbocycles. The molecule has 0 aromatic carbocycles. The highest BCUT2D eigenvalue weighted by Crippen LogP contribution is 2.10. The van der Waals surface area contributed by atoms with Gasteiger partial charge in [0.05, 0.1) is 18.8 Å². The molecule has 1 saturated heterocycles. The largest absolute Gasteiger partial charge is 0.389 e. The zero-order valence-electron chi connectivity index (χ0n) is 10.5. The molecule has 1 atom stereocenters. The molecule has 0 bridgehead atoms. The molecule has 0 amide bonds. The van der Waals surface area contributed by atoms with Crippen molar-refractivity contribution >= 4 is 0 Å².